The lowest BCUT2D eigenvalue weighted by Gasteiger charge is -2.06. The van der Waals surface area contributed by atoms with Crippen LogP contribution < -0.4 is 4.74 Å². The van der Waals surface area contributed by atoms with Gasteiger partial charge in [0, 0.05) is 6.20 Å². The van der Waals surface area contributed by atoms with Crippen molar-refractivity contribution in [2.45, 2.75) is 6.61 Å². The Bertz CT molecular complexity index is 737. The summed E-state index contributed by atoms with van der Waals surface area (Å²) in [5.74, 6) is -0.786. The summed E-state index contributed by atoms with van der Waals surface area (Å²) in [4.78, 5) is 19.4. The number of hydrogen-bond donors (Lipinski definition) is 1. The summed E-state index contributed by atoms with van der Waals surface area (Å²) in [7, 11) is 0. The summed E-state index contributed by atoms with van der Waals surface area (Å²) < 4.78 is 6.60. The number of nitrogens with zero attached hydrogens (tertiary/aromatic N) is 2. The molecule has 1 aromatic carbocycles. The van der Waals surface area contributed by atoms with Crippen molar-refractivity contribution >= 4 is 27.5 Å². The lowest BCUT2D eigenvalue weighted by atomic mass is 10.2. The Morgan fingerprint density at radius 2 is 2.15 bits per heavy atom. The number of benzene rings is 1. The third-order valence-corrected chi connectivity index (χ3v) is 3.71. The van der Waals surface area contributed by atoms with E-state index in [1.165, 1.54) is 29.8 Å². The highest BCUT2D eigenvalue weighted by atomic mass is 32.1. The zero-order valence-corrected chi connectivity index (χ0v) is 11.1. The molecule has 0 saturated heterocycles. The van der Waals surface area contributed by atoms with Crippen molar-refractivity contribution in [3.8, 4) is 5.75 Å². The van der Waals surface area contributed by atoms with Gasteiger partial charge in [0.2, 0.25) is 0 Å². The van der Waals surface area contributed by atoms with Crippen molar-refractivity contribution in [2.75, 3.05) is 0 Å². The summed E-state index contributed by atoms with van der Waals surface area (Å²) in [6, 6.07) is 9.21. The maximum Gasteiger partial charge on any atom is 0.339 e. The van der Waals surface area contributed by atoms with Gasteiger partial charge in [-0.05, 0) is 18.2 Å². The van der Waals surface area contributed by atoms with Crippen LogP contribution >= 0.6 is 11.3 Å². The van der Waals surface area contributed by atoms with Crippen LogP contribution in [0.3, 0.4) is 0 Å². The molecule has 0 aliphatic heterocycles. The minimum atomic E-state index is -1.04. The van der Waals surface area contributed by atoms with Crippen molar-refractivity contribution < 1.29 is 14.6 Å². The number of aromatic carboxylic acids is 1. The lowest BCUT2D eigenvalue weighted by Crippen LogP contribution is -2.03. The van der Waals surface area contributed by atoms with E-state index < -0.39 is 5.97 Å². The number of ether oxygens (including phenoxy) is 1. The van der Waals surface area contributed by atoms with Gasteiger partial charge < -0.3 is 9.84 Å². The van der Waals surface area contributed by atoms with Crippen LogP contribution in [0.15, 0.2) is 42.7 Å². The maximum absolute atomic E-state index is 11.1. The quantitative estimate of drug-likeness (QED) is 0.798. The molecule has 0 fully saturated rings. The highest BCUT2D eigenvalue weighted by molar-refractivity contribution is 7.18. The van der Waals surface area contributed by atoms with Gasteiger partial charge in [0.05, 0.1) is 16.4 Å². The second-order valence-electron chi connectivity index (χ2n) is 4.04. The monoisotopic (exact) mass is 286 g/mol. The molecule has 0 atom stereocenters. The van der Waals surface area contributed by atoms with Gasteiger partial charge in [-0.1, -0.05) is 12.1 Å². The Labute approximate surface area is 118 Å². The van der Waals surface area contributed by atoms with Crippen molar-refractivity contribution in [3.05, 3.63) is 53.3 Å². The number of carboxylic acids is 1. The molecular weight excluding hydrogens is 276 g/mol. The van der Waals surface area contributed by atoms with E-state index in [1.54, 1.807) is 0 Å². The zero-order valence-electron chi connectivity index (χ0n) is 10.3. The van der Waals surface area contributed by atoms with Crippen LogP contribution in [0.2, 0.25) is 0 Å². The fraction of sp³-hybridized carbons (Fsp3) is 0.0714. The highest BCUT2D eigenvalue weighted by Crippen LogP contribution is 2.24. The fourth-order valence-corrected chi connectivity index (χ4v) is 2.67. The van der Waals surface area contributed by atoms with Gasteiger partial charge in [0.15, 0.2) is 5.75 Å². The predicted octanol–water partition coefficient (Wildman–Crippen LogP) is 2.97. The lowest BCUT2D eigenvalue weighted by molar-refractivity contribution is 0.0691. The van der Waals surface area contributed by atoms with Crippen LogP contribution in [0, 0.1) is 0 Å². The summed E-state index contributed by atoms with van der Waals surface area (Å²) in [5.41, 5.74) is 1.02. The summed E-state index contributed by atoms with van der Waals surface area (Å²) in [6.07, 6.45) is 2.82. The molecule has 0 unspecified atom stereocenters. The number of thiazole rings is 1. The molecule has 0 aliphatic carbocycles. The van der Waals surface area contributed by atoms with E-state index in [1.807, 2.05) is 24.3 Å². The molecular formula is C14H10N2O3S. The van der Waals surface area contributed by atoms with Gasteiger partial charge in [-0.2, -0.15) is 0 Å². The van der Waals surface area contributed by atoms with Crippen LogP contribution in [-0.2, 0) is 6.61 Å². The van der Waals surface area contributed by atoms with E-state index in [-0.39, 0.29) is 17.9 Å². The first kappa shape index (κ1) is 12.6. The number of hydrogen-bond acceptors (Lipinski definition) is 5. The van der Waals surface area contributed by atoms with Gasteiger partial charge in [-0.3, -0.25) is 4.98 Å². The highest BCUT2D eigenvalue weighted by Gasteiger charge is 2.12. The Morgan fingerprint density at radius 1 is 1.30 bits per heavy atom. The number of pyridine rings is 1. The van der Waals surface area contributed by atoms with E-state index in [9.17, 15) is 4.79 Å². The Hall–Kier alpha value is -2.47. The normalized spacial score (nSPS) is 10.6. The molecule has 1 N–H and O–H groups in total. The molecule has 0 bridgehead atoms. The minimum Gasteiger partial charge on any atom is -0.484 e. The first-order chi connectivity index (χ1) is 9.74. The average Bonchev–Trinajstić information content (AvgIpc) is 2.88. The Morgan fingerprint density at radius 3 is 2.95 bits per heavy atom. The molecule has 0 saturated carbocycles. The number of carbonyl (C=O) groups is 1. The largest absolute Gasteiger partial charge is 0.484 e. The van der Waals surface area contributed by atoms with Gasteiger partial charge in [0.25, 0.3) is 0 Å². The molecule has 3 aromatic rings. The third-order valence-electron chi connectivity index (χ3n) is 2.70. The third kappa shape index (κ3) is 2.46. The predicted molar refractivity (Wildman–Crippen MR) is 75.1 cm³/mol. The zero-order chi connectivity index (χ0) is 13.9. The number of rotatable bonds is 4. The molecule has 2 aromatic heterocycles. The Kier molecular flexibility index (Phi) is 3.30. The summed E-state index contributed by atoms with van der Waals surface area (Å²) in [6.45, 7) is 0.227. The van der Waals surface area contributed by atoms with Crippen LogP contribution in [0.5, 0.6) is 5.75 Å². The van der Waals surface area contributed by atoms with Gasteiger partial charge in [-0.25, -0.2) is 9.78 Å². The van der Waals surface area contributed by atoms with Crippen molar-refractivity contribution in [1.82, 2.24) is 9.97 Å². The van der Waals surface area contributed by atoms with E-state index in [4.69, 9.17) is 9.84 Å². The number of fused-ring (bicyclic) bond motifs is 1. The van der Waals surface area contributed by atoms with Crippen LogP contribution in [-0.4, -0.2) is 21.0 Å². The molecule has 0 amide bonds. The SMILES string of the molecule is O=C(O)c1ccncc1OCc1nc2ccccc2s1. The van der Waals surface area contributed by atoms with Gasteiger partial charge in [0.1, 0.15) is 17.2 Å². The van der Waals surface area contributed by atoms with Gasteiger partial charge >= 0.3 is 5.97 Å². The standard InChI is InChI=1S/C14H10N2O3S/c17-14(18)9-5-6-15-7-11(9)19-8-13-16-10-3-1-2-4-12(10)20-13/h1-7H,8H2,(H,17,18). The van der Waals surface area contributed by atoms with Crippen LogP contribution in [0.4, 0.5) is 0 Å². The van der Waals surface area contributed by atoms with E-state index in [2.05, 4.69) is 9.97 Å². The molecule has 0 spiro atoms. The van der Waals surface area contributed by atoms with E-state index in [0.717, 1.165) is 15.2 Å². The van der Waals surface area contributed by atoms with Crippen molar-refractivity contribution in [3.63, 3.8) is 0 Å². The van der Waals surface area contributed by atoms with Crippen LogP contribution in [0.25, 0.3) is 10.2 Å². The average molecular weight is 286 g/mol. The molecule has 100 valence electrons. The van der Waals surface area contributed by atoms with E-state index >= 15 is 0 Å². The maximum atomic E-state index is 11.1. The second kappa shape index (κ2) is 5.26. The van der Waals surface area contributed by atoms with Crippen molar-refractivity contribution in [1.29, 1.82) is 0 Å². The first-order valence-electron chi connectivity index (χ1n) is 5.88. The topological polar surface area (TPSA) is 72.3 Å². The Balaban J connectivity index is 1.81. The number of aromatic nitrogens is 2. The second-order valence-corrected chi connectivity index (χ2v) is 5.16. The number of carboxylic acid groups (broad SMARTS) is 1. The first-order valence-corrected chi connectivity index (χ1v) is 6.70. The fourth-order valence-electron chi connectivity index (χ4n) is 1.79. The van der Waals surface area contributed by atoms with E-state index in [0.29, 0.717) is 0 Å². The molecule has 2 heterocycles. The summed E-state index contributed by atoms with van der Waals surface area (Å²) in [5, 5.41) is 9.85. The summed E-state index contributed by atoms with van der Waals surface area (Å²) >= 11 is 1.53. The van der Waals surface area contributed by atoms with Crippen LogP contribution in [0.1, 0.15) is 15.4 Å². The smallest absolute Gasteiger partial charge is 0.339 e. The molecule has 20 heavy (non-hydrogen) atoms. The molecule has 6 heteroatoms. The molecule has 5 nitrogen and oxygen atoms in total. The molecule has 0 aliphatic rings. The van der Waals surface area contributed by atoms with Gasteiger partial charge in [-0.15, -0.1) is 11.3 Å². The minimum absolute atomic E-state index is 0.0983. The molecule has 0 radical (unpaired) electrons. The molecule has 3 rings (SSSR count). The van der Waals surface area contributed by atoms with Crippen molar-refractivity contribution in [2.24, 2.45) is 0 Å². The number of para-hydroxylation sites is 1.